The predicted molar refractivity (Wildman–Crippen MR) is 151 cm³/mol. The third-order valence-electron chi connectivity index (χ3n) is 8.50. The fourth-order valence-corrected chi connectivity index (χ4v) is 6.37. The van der Waals surface area contributed by atoms with Crippen LogP contribution in [0.5, 0.6) is 0 Å². The van der Waals surface area contributed by atoms with E-state index in [2.05, 4.69) is 74.8 Å². The fraction of sp³-hybridized carbons (Fsp3) is 0.452. The minimum atomic E-state index is -0.429. The van der Waals surface area contributed by atoms with Crippen LogP contribution in [0.4, 0.5) is 16.2 Å². The number of aryl methyl sites for hydroxylation is 1. The molecule has 0 unspecified atom stereocenters. The summed E-state index contributed by atoms with van der Waals surface area (Å²) in [5.41, 5.74) is 4.74. The zero-order valence-electron chi connectivity index (χ0n) is 22.6. The van der Waals surface area contributed by atoms with Crippen LogP contribution in [0.15, 0.2) is 48.8 Å². The van der Waals surface area contributed by atoms with Gasteiger partial charge in [-0.2, -0.15) is 0 Å². The zero-order chi connectivity index (χ0) is 26.2. The van der Waals surface area contributed by atoms with Crippen LogP contribution in [-0.4, -0.2) is 43.6 Å². The molecule has 38 heavy (non-hydrogen) atoms. The van der Waals surface area contributed by atoms with Gasteiger partial charge < -0.3 is 14.8 Å². The highest BCUT2D eigenvalue weighted by Crippen LogP contribution is 2.36. The molecule has 198 valence electrons. The molecule has 0 bridgehead atoms. The number of likely N-dealkylation sites (tertiary alicyclic amines) is 1. The fourth-order valence-electron chi connectivity index (χ4n) is 6.37. The van der Waals surface area contributed by atoms with Crippen LogP contribution in [0, 0.1) is 12.7 Å². The third kappa shape index (κ3) is 4.92. The molecule has 4 aromatic rings. The smallest absolute Gasteiger partial charge is 0.229 e. The number of piperidine rings is 1. The molecule has 1 saturated carbocycles. The monoisotopic (exact) mass is 512 g/mol. The standard InChI is InChI=1S/C31H37FN6/c1-20(2)37-14-12-22(13-15-37)25-10-11-29(33-18-25)35-31-34-19-27(32)30(36-31)24-9-8-23-16-21(3)38(28(23)17-24)26-6-4-5-7-26/h8-11,16-20,22,26H,4-7,12-15H2,1-3H3,(H,33,34,35,36). The third-order valence-corrected chi connectivity index (χ3v) is 8.50. The average Bonchev–Trinajstić information content (AvgIpc) is 3.57. The van der Waals surface area contributed by atoms with E-state index in [1.54, 1.807) is 0 Å². The molecule has 3 aromatic heterocycles. The molecule has 0 radical (unpaired) electrons. The van der Waals surface area contributed by atoms with E-state index in [1.807, 2.05) is 18.3 Å². The SMILES string of the molecule is Cc1cc2ccc(-c3nc(Nc4ccc(C5CCN(C(C)C)CC5)cn4)ncc3F)cc2n1C1CCCC1. The minimum Gasteiger partial charge on any atom is -0.342 e. The Bertz CT molecular complexity index is 1410. The van der Waals surface area contributed by atoms with Gasteiger partial charge in [0.1, 0.15) is 11.5 Å². The van der Waals surface area contributed by atoms with E-state index in [9.17, 15) is 4.39 Å². The van der Waals surface area contributed by atoms with Gasteiger partial charge in [0.05, 0.1) is 6.20 Å². The van der Waals surface area contributed by atoms with Gasteiger partial charge in [0.2, 0.25) is 5.95 Å². The van der Waals surface area contributed by atoms with Crippen molar-refractivity contribution in [2.45, 2.75) is 77.3 Å². The van der Waals surface area contributed by atoms with Crippen molar-refractivity contribution in [2.24, 2.45) is 0 Å². The number of benzene rings is 1. The van der Waals surface area contributed by atoms with E-state index in [-0.39, 0.29) is 0 Å². The lowest BCUT2D eigenvalue weighted by Gasteiger charge is -2.34. The molecule has 2 fully saturated rings. The Morgan fingerprint density at radius 3 is 2.45 bits per heavy atom. The van der Waals surface area contributed by atoms with Crippen molar-refractivity contribution in [1.29, 1.82) is 0 Å². The first-order valence-electron chi connectivity index (χ1n) is 14.1. The summed E-state index contributed by atoms with van der Waals surface area (Å²) in [5, 5.41) is 4.36. The number of nitrogens with one attached hydrogen (secondary N) is 1. The highest BCUT2D eigenvalue weighted by Gasteiger charge is 2.23. The van der Waals surface area contributed by atoms with Crippen LogP contribution in [0.3, 0.4) is 0 Å². The van der Waals surface area contributed by atoms with Crippen molar-refractivity contribution in [3.8, 4) is 11.3 Å². The molecule has 0 atom stereocenters. The second-order valence-corrected chi connectivity index (χ2v) is 11.3. The lowest BCUT2D eigenvalue weighted by molar-refractivity contribution is 0.172. The number of hydrogen-bond acceptors (Lipinski definition) is 5. The number of rotatable bonds is 6. The summed E-state index contributed by atoms with van der Waals surface area (Å²) >= 11 is 0. The first-order valence-corrected chi connectivity index (χ1v) is 14.1. The van der Waals surface area contributed by atoms with Crippen LogP contribution >= 0.6 is 0 Å². The Morgan fingerprint density at radius 1 is 0.947 bits per heavy atom. The summed E-state index contributed by atoms with van der Waals surface area (Å²) < 4.78 is 17.4. The van der Waals surface area contributed by atoms with Gasteiger partial charge in [0, 0.05) is 35.1 Å². The summed E-state index contributed by atoms with van der Waals surface area (Å²) in [6.45, 7) is 8.95. The maximum Gasteiger partial charge on any atom is 0.229 e. The Kier molecular flexibility index (Phi) is 6.87. The van der Waals surface area contributed by atoms with Crippen LogP contribution in [-0.2, 0) is 0 Å². The molecule has 1 N–H and O–H groups in total. The first kappa shape index (κ1) is 25.0. The van der Waals surface area contributed by atoms with E-state index in [1.165, 1.54) is 48.5 Å². The van der Waals surface area contributed by atoms with Crippen LogP contribution in [0.25, 0.3) is 22.2 Å². The lowest BCUT2D eigenvalue weighted by Crippen LogP contribution is -2.37. The average molecular weight is 513 g/mol. The van der Waals surface area contributed by atoms with E-state index in [4.69, 9.17) is 0 Å². The van der Waals surface area contributed by atoms with Gasteiger partial charge in [-0.05, 0) is 94.6 Å². The summed E-state index contributed by atoms with van der Waals surface area (Å²) in [5.74, 6) is 1.12. The zero-order valence-corrected chi connectivity index (χ0v) is 22.6. The number of fused-ring (bicyclic) bond motifs is 1. The van der Waals surface area contributed by atoms with Gasteiger partial charge in [-0.25, -0.2) is 19.3 Å². The largest absolute Gasteiger partial charge is 0.342 e. The number of aromatic nitrogens is 4. The number of halogens is 1. The van der Waals surface area contributed by atoms with Crippen molar-refractivity contribution >= 4 is 22.7 Å². The molecule has 1 aliphatic carbocycles. The second-order valence-electron chi connectivity index (χ2n) is 11.3. The molecule has 2 aliphatic rings. The molecule has 0 amide bonds. The van der Waals surface area contributed by atoms with Gasteiger partial charge in [-0.1, -0.05) is 31.0 Å². The molecule has 1 aliphatic heterocycles. The van der Waals surface area contributed by atoms with Gasteiger partial charge in [0.25, 0.3) is 0 Å². The maximum absolute atomic E-state index is 15.0. The summed E-state index contributed by atoms with van der Waals surface area (Å²) in [7, 11) is 0. The van der Waals surface area contributed by atoms with Crippen LogP contribution < -0.4 is 5.32 Å². The van der Waals surface area contributed by atoms with Gasteiger partial charge in [0.15, 0.2) is 5.82 Å². The van der Waals surface area contributed by atoms with E-state index >= 15 is 0 Å². The number of pyridine rings is 1. The van der Waals surface area contributed by atoms with Crippen molar-refractivity contribution in [3.05, 3.63) is 65.9 Å². The Balaban J connectivity index is 1.21. The number of anilines is 2. The highest BCUT2D eigenvalue weighted by molar-refractivity contribution is 5.86. The van der Waals surface area contributed by atoms with Gasteiger partial charge in [-0.15, -0.1) is 0 Å². The van der Waals surface area contributed by atoms with E-state index in [0.717, 1.165) is 37.0 Å². The lowest BCUT2D eigenvalue weighted by atomic mass is 9.90. The Labute approximate surface area is 224 Å². The summed E-state index contributed by atoms with van der Waals surface area (Å²) in [6.07, 6.45) is 10.5. The van der Waals surface area contributed by atoms with Crippen molar-refractivity contribution < 1.29 is 4.39 Å². The molecule has 6 nitrogen and oxygen atoms in total. The van der Waals surface area contributed by atoms with Gasteiger partial charge >= 0.3 is 0 Å². The highest BCUT2D eigenvalue weighted by atomic mass is 19.1. The summed E-state index contributed by atoms with van der Waals surface area (Å²) in [4.78, 5) is 15.9. The van der Waals surface area contributed by atoms with Crippen LogP contribution in [0.1, 0.15) is 75.6 Å². The summed E-state index contributed by atoms with van der Waals surface area (Å²) in [6, 6.07) is 13.6. The molecule has 1 saturated heterocycles. The molecular formula is C31H37FN6. The molecular weight excluding hydrogens is 475 g/mol. The van der Waals surface area contributed by atoms with Crippen molar-refractivity contribution in [2.75, 3.05) is 18.4 Å². The van der Waals surface area contributed by atoms with Crippen molar-refractivity contribution in [1.82, 2.24) is 24.4 Å². The van der Waals surface area contributed by atoms with E-state index in [0.29, 0.717) is 35.5 Å². The first-order chi connectivity index (χ1) is 18.5. The second kappa shape index (κ2) is 10.4. The van der Waals surface area contributed by atoms with Crippen LogP contribution in [0.2, 0.25) is 0 Å². The molecule has 6 rings (SSSR count). The molecule has 0 spiro atoms. The Morgan fingerprint density at radius 2 is 1.74 bits per heavy atom. The quantitative estimate of drug-likeness (QED) is 0.292. The Hall–Kier alpha value is -3.32. The normalized spacial score (nSPS) is 17.6. The molecule has 1 aromatic carbocycles. The topological polar surface area (TPSA) is 58.9 Å². The van der Waals surface area contributed by atoms with E-state index < -0.39 is 5.82 Å². The predicted octanol–water partition coefficient (Wildman–Crippen LogP) is 7.39. The molecule has 7 heteroatoms. The number of hydrogen-bond donors (Lipinski definition) is 1. The minimum absolute atomic E-state index is 0.301. The molecule has 4 heterocycles. The van der Waals surface area contributed by atoms with Crippen molar-refractivity contribution in [3.63, 3.8) is 0 Å². The van der Waals surface area contributed by atoms with Gasteiger partial charge in [-0.3, -0.25) is 0 Å². The maximum atomic E-state index is 15.0. The number of nitrogens with zero attached hydrogens (tertiary/aromatic N) is 5.